The van der Waals surface area contributed by atoms with Crippen molar-refractivity contribution in [2.45, 2.75) is 44.9 Å². The van der Waals surface area contributed by atoms with Crippen LogP contribution in [0.3, 0.4) is 0 Å². The Kier molecular flexibility index (Phi) is 1.51. The van der Waals surface area contributed by atoms with E-state index in [9.17, 15) is 0 Å². The largest absolute Gasteiger partial charge is 0.0533 e. The Morgan fingerprint density at radius 2 is 1.70 bits per heavy atom. The molecular weight excluding hydrogens is 120 g/mol. The first-order valence-electron chi connectivity index (χ1n) is 4.67. The van der Waals surface area contributed by atoms with Gasteiger partial charge in [0.05, 0.1) is 0 Å². The first kappa shape index (κ1) is 6.69. The zero-order chi connectivity index (χ0) is 7.03. The van der Waals surface area contributed by atoms with Gasteiger partial charge >= 0.3 is 0 Å². The van der Waals surface area contributed by atoms with E-state index >= 15 is 0 Å². The molecule has 1 unspecified atom stereocenters. The van der Waals surface area contributed by atoms with Crippen molar-refractivity contribution in [2.24, 2.45) is 11.3 Å². The van der Waals surface area contributed by atoms with Gasteiger partial charge in [0, 0.05) is 0 Å². The average Bonchev–Trinajstić information content (AvgIpc) is 2.04. The number of rotatable bonds is 0. The van der Waals surface area contributed by atoms with Crippen LogP contribution < -0.4 is 0 Å². The molecule has 2 aliphatic carbocycles. The van der Waals surface area contributed by atoms with Gasteiger partial charge in [-0.25, -0.2) is 0 Å². The van der Waals surface area contributed by atoms with Crippen LogP contribution in [0.25, 0.3) is 0 Å². The first-order chi connectivity index (χ1) is 4.83. The van der Waals surface area contributed by atoms with E-state index < -0.39 is 0 Å². The quantitative estimate of drug-likeness (QED) is 0.481. The summed E-state index contributed by atoms with van der Waals surface area (Å²) in [6.07, 6.45) is 10.3. The fourth-order valence-corrected chi connectivity index (χ4v) is 2.67. The van der Waals surface area contributed by atoms with Crippen molar-refractivity contribution in [3.05, 3.63) is 6.92 Å². The second-order valence-electron chi connectivity index (χ2n) is 4.16. The molecule has 1 atom stereocenters. The van der Waals surface area contributed by atoms with Crippen LogP contribution in [-0.2, 0) is 0 Å². The summed E-state index contributed by atoms with van der Waals surface area (Å²) in [5.41, 5.74) is 0.748. The summed E-state index contributed by atoms with van der Waals surface area (Å²) in [7, 11) is 0. The Hall–Kier alpha value is 0. The monoisotopic (exact) mass is 137 g/mol. The highest BCUT2D eigenvalue weighted by Crippen LogP contribution is 2.55. The van der Waals surface area contributed by atoms with Crippen LogP contribution in [0.1, 0.15) is 44.9 Å². The lowest BCUT2D eigenvalue weighted by molar-refractivity contribution is 0.0196. The highest BCUT2D eigenvalue weighted by atomic mass is 14.5. The van der Waals surface area contributed by atoms with Gasteiger partial charge in [-0.15, -0.1) is 0 Å². The summed E-state index contributed by atoms with van der Waals surface area (Å²) >= 11 is 0. The van der Waals surface area contributed by atoms with Gasteiger partial charge in [0.25, 0.3) is 0 Å². The Morgan fingerprint density at radius 3 is 2.00 bits per heavy atom. The van der Waals surface area contributed by atoms with E-state index in [-0.39, 0.29) is 0 Å². The molecule has 2 aliphatic rings. The predicted octanol–water partition coefficient (Wildman–Crippen LogP) is 3.18. The van der Waals surface area contributed by atoms with Gasteiger partial charge < -0.3 is 0 Å². The predicted molar refractivity (Wildman–Crippen MR) is 43.6 cm³/mol. The Bertz CT molecular complexity index is 120. The number of hydrogen-bond donors (Lipinski definition) is 0. The summed E-state index contributed by atoms with van der Waals surface area (Å²) in [5.74, 6) is 0.813. The van der Waals surface area contributed by atoms with E-state index in [0.717, 1.165) is 11.3 Å². The van der Waals surface area contributed by atoms with Gasteiger partial charge in [0.2, 0.25) is 0 Å². The molecule has 57 valence electrons. The highest BCUT2D eigenvalue weighted by molar-refractivity contribution is 4.97. The van der Waals surface area contributed by atoms with Crippen LogP contribution in [0.4, 0.5) is 0 Å². The van der Waals surface area contributed by atoms with Gasteiger partial charge in [0.15, 0.2) is 0 Å². The van der Waals surface area contributed by atoms with E-state index in [0.29, 0.717) is 0 Å². The third-order valence-corrected chi connectivity index (χ3v) is 3.71. The SMILES string of the molecule is [CH2]C1CCC12CCCCC2. The molecular formula is C10H17. The molecule has 2 saturated carbocycles. The molecule has 1 radical (unpaired) electrons. The van der Waals surface area contributed by atoms with Gasteiger partial charge in [-0.2, -0.15) is 0 Å². The van der Waals surface area contributed by atoms with E-state index in [1.165, 1.54) is 44.9 Å². The van der Waals surface area contributed by atoms with E-state index in [1.807, 2.05) is 0 Å². The summed E-state index contributed by atoms with van der Waals surface area (Å²) in [6.45, 7) is 4.22. The Morgan fingerprint density at radius 1 is 1.00 bits per heavy atom. The maximum atomic E-state index is 4.22. The van der Waals surface area contributed by atoms with Crippen LogP contribution in [-0.4, -0.2) is 0 Å². The van der Waals surface area contributed by atoms with Crippen molar-refractivity contribution in [1.82, 2.24) is 0 Å². The average molecular weight is 137 g/mol. The minimum absolute atomic E-state index is 0.748. The van der Waals surface area contributed by atoms with Gasteiger partial charge in [-0.1, -0.05) is 19.3 Å². The minimum atomic E-state index is 0.748. The molecule has 0 saturated heterocycles. The fourth-order valence-electron chi connectivity index (χ4n) is 2.67. The van der Waals surface area contributed by atoms with Crippen LogP contribution in [0.15, 0.2) is 0 Å². The second kappa shape index (κ2) is 2.25. The minimum Gasteiger partial charge on any atom is -0.0533 e. The summed E-state index contributed by atoms with van der Waals surface area (Å²) in [6, 6.07) is 0. The molecule has 0 amide bonds. The molecule has 1 spiro atoms. The molecule has 0 nitrogen and oxygen atoms in total. The van der Waals surface area contributed by atoms with Gasteiger partial charge in [-0.05, 0) is 43.9 Å². The Labute approximate surface area is 64.0 Å². The molecule has 2 fully saturated rings. The van der Waals surface area contributed by atoms with E-state index in [4.69, 9.17) is 0 Å². The molecule has 0 aromatic carbocycles. The maximum Gasteiger partial charge on any atom is -0.0269 e. The standard InChI is InChI=1S/C10H17/c1-9-5-8-10(9)6-3-2-4-7-10/h9H,1-8H2. The third-order valence-electron chi connectivity index (χ3n) is 3.71. The van der Waals surface area contributed by atoms with Crippen molar-refractivity contribution in [3.8, 4) is 0 Å². The van der Waals surface area contributed by atoms with Gasteiger partial charge in [-0.3, -0.25) is 0 Å². The zero-order valence-electron chi connectivity index (χ0n) is 6.73. The van der Waals surface area contributed by atoms with Crippen LogP contribution in [0.2, 0.25) is 0 Å². The van der Waals surface area contributed by atoms with Crippen molar-refractivity contribution < 1.29 is 0 Å². The lowest BCUT2D eigenvalue weighted by Crippen LogP contribution is -2.40. The van der Waals surface area contributed by atoms with E-state index in [2.05, 4.69) is 6.92 Å². The zero-order valence-corrected chi connectivity index (χ0v) is 6.73. The molecule has 0 aromatic rings. The molecule has 0 bridgehead atoms. The molecule has 0 heteroatoms. The molecule has 2 rings (SSSR count). The lowest BCUT2D eigenvalue weighted by atomic mass is 9.55. The van der Waals surface area contributed by atoms with Crippen LogP contribution >= 0.6 is 0 Å². The normalized spacial score (nSPS) is 37.5. The van der Waals surface area contributed by atoms with Crippen molar-refractivity contribution in [1.29, 1.82) is 0 Å². The molecule has 0 N–H and O–H groups in total. The summed E-state index contributed by atoms with van der Waals surface area (Å²) < 4.78 is 0. The number of hydrogen-bond acceptors (Lipinski definition) is 0. The van der Waals surface area contributed by atoms with E-state index in [1.54, 1.807) is 0 Å². The first-order valence-corrected chi connectivity index (χ1v) is 4.67. The smallest absolute Gasteiger partial charge is 0.0269 e. The van der Waals surface area contributed by atoms with Crippen molar-refractivity contribution in [3.63, 3.8) is 0 Å². The lowest BCUT2D eigenvalue weighted by Gasteiger charge is -2.51. The topological polar surface area (TPSA) is 0 Å². The van der Waals surface area contributed by atoms with Crippen LogP contribution in [0.5, 0.6) is 0 Å². The van der Waals surface area contributed by atoms with Crippen molar-refractivity contribution >= 4 is 0 Å². The summed E-state index contributed by atoms with van der Waals surface area (Å²) in [4.78, 5) is 0. The van der Waals surface area contributed by atoms with Crippen LogP contribution in [0, 0.1) is 18.3 Å². The second-order valence-corrected chi connectivity index (χ2v) is 4.16. The van der Waals surface area contributed by atoms with Gasteiger partial charge in [0.1, 0.15) is 0 Å². The maximum absolute atomic E-state index is 4.22. The van der Waals surface area contributed by atoms with Crippen molar-refractivity contribution in [2.75, 3.05) is 0 Å². The molecule has 0 aromatic heterocycles. The Balaban J connectivity index is 1.99. The fraction of sp³-hybridized carbons (Fsp3) is 0.900. The molecule has 10 heavy (non-hydrogen) atoms. The molecule has 0 aliphatic heterocycles. The highest BCUT2D eigenvalue weighted by Gasteiger charge is 2.43. The third kappa shape index (κ3) is 0.810. The summed E-state index contributed by atoms with van der Waals surface area (Å²) in [5, 5.41) is 0. The molecule has 0 heterocycles.